The Kier molecular flexibility index (Phi) is 4.38. The number of para-hydroxylation sites is 2. The van der Waals surface area contributed by atoms with Gasteiger partial charge in [0.25, 0.3) is 0 Å². The second kappa shape index (κ2) is 6.20. The highest BCUT2D eigenvalue weighted by atomic mass is 16.2. The van der Waals surface area contributed by atoms with Gasteiger partial charge in [0, 0.05) is 13.1 Å². The highest BCUT2D eigenvalue weighted by Gasteiger charge is 2.43. The minimum atomic E-state index is -0.890. The molecule has 2 aliphatic rings. The van der Waals surface area contributed by atoms with Gasteiger partial charge < -0.3 is 5.32 Å². The molecular weight excluding hydrogens is 302 g/mol. The molecule has 1 aromatic rings. The highest BCUT2D eigenvalue weighted by Crippen LogP contribution is 2.36. The summed E-state index contributed by atoms with van der Waals surface area (Å²) in [7, 11) is 0. The normalized spacial score (nSPS) is 26.7. The van der Waals surface area contributed by atoms with Crippen LogP contribution in [-0.4, -0.2) is 41.9 Å². The third-order valence-corrected chi connectivity index (χ3v) is 5.06. The van der Waals surface area contributed by atoms with Gasteiger partial charge in [0.2, 0.25) is 11.8 Å². The van der Waals surface area contributed by atoms with Crippen molar-refractivity contribution in [3.63, 3.8) is 0 Å². The summed E-state index contributed by atoms with van der Waals surface area (Å²) in [6.45, 7) is 10.3. The highest BCUT2D eigenvalue weighted by molar-refractivity contribution is 6.14. The Labute approximate surface area is 144 Å². The topological polar surface area (TPSA) is 52.7 Å². The van der Waals surface area contributed by atoms with E-state index in [0.29, 0.717) is 24.1 Å². The molecule has 0 bridgehead atoms. The van der Waals surface area contributed by atoms with Gasteiger partial charge in [-0.3, -0.25) is 19.4 Å². The van der Waals surface area contributed by atoms with Crippen molar-refractivity contribution in [2.45, 2.75) is 39.7 Å². The van der Waals surface area contributed by atoms with Gasteiger partial charge >= 0.3 is 0 Å². The molecule has 5 nitrogen and oxygen atoms in total. The molecule has 2 heterocycles. The quantitative estimate of drug-likeness (QED) is 0.908. The lowest BCUT2D eigenvalue weighted by Crippen LogP contribution is -2.60. The lowest BCUT2D eigenvalue weighted by atomic mass is 9.91. The summed E-state index contributed by atoms with van der Waals surface area (Å²) in [5.41, 5.74) is 0.596. The number of benzene rings is 1. The summed E-state index contributed by atoms with van der Waals surface area (Å²) in [6.07, 6.45) is 1.21. The van der Waals surface area contributed by atoms with Crippen LogP contribution in [0.3, 0.4) is 0 Å². The molecule has 0 radical (unpaired) electrons. The SMILES string of the molecule is C[C@@H]1C[C@@H](C)CN(CC(=O)N2c3ccccc3NC(=O)C2(C)C)C1. The molecule has 3 rings (SSSR count). The molecular formula is C19H27N3O2. The number of likely N-dealkylation sites (tertiary alicyclic amines) is 1. The Morgan fingerprint density at radius 2 is 1.83 bits per heavy atom. The zero-order valence-electron chi connectivity index (χ0n) is 15.0. The molecule has 0 saturated carbocycles. The molecule has 1 saturated heterocycles. The number of rotatable bonds is 2. The summed E-state index contributed by atoms with van der Waals surface area (Å²) in [5, 5.41) is 2.91. The Bertz CT molecular complexity index is 646. The van der Waals surface area contributed by atoms with E-state index in [1.54, 1.807) is 18.7 Å². The lowest BCUT2D eigenvalue weighted by molar-refractivity contribution is -0.127. The van der Waals surface area contributed by atoms with E-state index >= 15 is 0 Å². The smallest absolute Gasteiger partial charge is 0.250 e. The van der Waals surface area contributed by atoms with Crippen LogP contribution in [0.2, 0.25) is 0 Å². The monoisotopic (exact) mass is 329 g/mol. The summed E-state index contributed by atoms with van der Waals surface area (Å²) in [5.74, 6) is 1.05. The number of nitrogens with zero attached hydrogens (tertiary/aromatic N) is 2. The number of hydrogen-bond donors (Lipinski definition) is 1. The van der Waals surface area contributed by atoms with Gasteiger partial charge in [0.1, 0.15) is 5.54 Å². The predicted molar refractivity (Wildman–Crippen MR) is 96.0 cm³/mol. The number of fused-ring (bicyclic) bond motifs is 1. The van der Waals surface area contributed by atoms with Gasteiger partial charge in [-0.25, -0.2) is 0 Å². The second-order valence-electron chi connectivity index (χ2n) is 7.90. The van der Waals surface area contributed by atoms with Crippen molar-refractivity contribution in [2.75, 3.05) is 29.9 Å². The van der Waals surface area contributed by atoms with Crippen molar-refractivity contribution in [3.8, 4) is 0 Å². The first-order valence-electron chi connectivity index (χ1n) is 8.75. The zero-order valence-corrected chi connectivity index (χ0v) is 15.0. The Morgan fingerprint density at radius 1 is 1.21 bits per heavy atom. The summed E-state index contributed by atoms with van der Waals surface area (Å²) < 4.78 is 0. The minimum Gasteiger partial charge on any atom is -0.322 e. The molecule has 0 aliphatic carbocycles. The molecule has 0 aromatic heterocycles. The molecule has 130 valence electrons. The average molecular weight is 329 g/mol. The Morgan fingerprint density at radius 3 is 2.50 bits per heavy atom. The molecule has 5 heteroatoms. The number of piperidine rings is 1. The minimum absolute atomic E-state index is 0.0106. The second-order valence-corrected chi connectivity index (χ2v) is 7.90. The van der Waals surface area contributed by atoms with E-state index in [2.05, 4.69) is 24.1 Å². The molecule has 1 fully saturated rings. The van der Waals surface area contributed by atoms with E-state index in [1.165, 1.54) is 6.42 Å². The van der Waals surface area contributed by atoms with Crippen LogP contribution in [-0.2, 0) is 9.59 Å². The van der Waals surface area contributed by atoms with Gasteiger partial charge in [-0.2, -0.15) is 0 Å². The van der Waals surface area contributed by atoms with Crippen molar-refractivity contribution < 1.29 is 9.59 Å². The number of hydrogen-bond acceptors (Lipinski definition) is 3. The standard InChI is InChI=1S/C19H27N3O2/c1-13-9-14(2)11-21(10-13)12-17(23)22-16-8-6-5-7-15(16)20-18(24)19(22,3)4/h5-8,13-14H,9-12H2,1-4H3,(H,20,24)/t13-,14-/m1/s1. The van der Waals surface area contributed by atoms with E-state index < -0.39 is 5.54 Å². The molecule has 1 aromatic carbocycles. The number of carbonyl (C=O) groups excluding carboxylic acids is 2. The maximum atomic E-state index is 13.1. The lowest BCUT2D eigenvalue weighted by Gasteiger charge is -2.43. The average Bonchev–Trinajstić information content (AvgIpc) is 2.46. The fraction of sp³-hybridized carbons (Fsp3) is 0.579. The van der Waals surface area contributed by atoms with Gasteiger partial charge in [-0.1, -0.05) is 26.0 Å². The maximum absolute atomic E-state index is 13.1. The summed E-state index contributed by atoms with van der Waals surface area (Å²) >= 11 is 0. The van der Waals surface area contributed by atoms with Crippen LogP contribution in [0.1, 0.15) is 34.1 Å². The summed E-state index contributed by atoms with van der Waals surface area (Å²) in [4.78, 5) is 29.5. The zero-order chi connectivity index (χ0) is 17.5. The molecule has 1 N–H and O–H groups in total. The van der Waals surface area contributed by atoms with Crippen LogP contribution in [0.25, 0.3) is 0 Å². The first kappa shape index (κ1) is 17.0. The number of nitrogens with one attached hydrogen (secondary N) is 1. The van der Waals surface area contributed by atoms with Crippen LogP contribution in [0.15, 0.2) is 24.3 Å². The fourth-order valence-corrected chi connectivity index (χ4v) is 4.08. The van der Waals surface area contributed by atoms with Crippen molar-refractivity contribution in [3.05, 3.63) is 24.3 Å². The molecule has 2 amide bonds. The largest absolute Gasteiger partial charge is 0.322 e. The first-order valence-corrected chi connectivity index (χ1v) is 8.75. The number of anilines is 2. The predicted octanol–water partition coefficient (Wildman–Crippen LogP) is 2.73. The number of carbonyl (C=O) groups is 2. The third kappa shape index (κ3) is 3.05. The first-order chi connectivity index (χ1) is 11.3. The maximum Gasteiger partial charge on any atom is 0.250 e. The van der Waals surface area contributed by atoms with Gasteiger partial charge in [-0.15, -0.1) is 0 Å². The van der Waals surface area contributed by atoms with Gasteiger partial charge in [0.15, 0.2) is 0 Å². The van der Waals surface area contributed by atoms with Gasteiger partial charge in [-0.05, 0) is 44.2 Å². The summed E-state index contributed by atoms with van der Waals surface area (Å²) in [6, 6.07) is 7.51. The van der Waals surface area contributed by atoms with E-state index in [-0.39, 0.29) is 11.8 Å². The van der Waals surface area contributed by atoms with E-state index in [0.717, 1.165) is 18.8 Å². The van der Waals surface area contributed by atoms with Crippen LogP contribution in [0.4, 0.5) is 11.4 Å². The van der Waals surface area contributed by atoms with Crippen LogP contribution < -0.4 is 10.2 Å². The molecule has 0 unspecified atom stereocenters. The van der Waals surface area contributed by atoms with Crippen molar-refractivity contribution in [1.29, 1.82) is 0 Å². The van der Waals surface area contributed by atoms with Crippen LogP contribution in [0.5, 0.6) is 0 Å². The Balaban J connectivity index is 1.86. The number of amides is 2. The molecule has 24 heavy (non-hydrogen) atoms. The van der Waals surface area contributed by atoms with Crippen LogP contribution in [0, 0.1) is 11.8 Å². The van der Waals surface area contributed by atoms with Crippen molar-refractivity contribution in [2.24, 2.45) is 11.8 Å². The fourth-order valence-electron chi connectivity index (χ4n) is 4.08. The molecule has 2 aliphatic heterocycles. The molecule has 2 atom stereocenters. The molecule has 0 spiro atoms. The van der Waals surface area contributed by atoms with Crippen molar-refractivity contribution >= 4 is 23.2 Å². The van der Waals surface area contributed by atoms with Crippen molar-refractivity contribution in [1.82, 2.24) is 4.90 Å². The van der Waals surface area contributed by atoms with E-state index in [4.69, 9.17) is 0 Å². The van der Waals surface area contributed by atoms with Crippen LogP contribution >= 0.6 is 0 Å². The van der Waals surface area contributed by atoms with Gasteiger partial charge in [0.05, 0.1) is 17.9 Å². The third-order valence-electron chi connectivity index (χ3n) is 5.06. The van der Waals surface area contributed by atoms with E-state index in [1.807, 2.05) is 24.3 Å². The van der Waals surface area contributed by atoms with E-state index in [9.17, 15) is 9.59 Å². The Hall–Kier alpha value is -1.88.